The number of hydrogen-bond acceptors (Lipinski definition) is 5. The minimum absolute atomic E-state index is 0.310. The molecular formula is C12H13BrN4O2. The molecule has 100 valence electrons. The summed E-state index contributed by atoms with van der Waals surface area (Å²) in [5, 5.41) is 4.36. The number of methoxy groups -OCH3 is 1. The molecule has 0 radical (unpaired) electrons. The van der Waals surface area contributed by atoms with Gasteiger partial charge in [0.2, 0.25) is 0 Å². The van der Waals surface area contributed by atoms with Crippen LogP contribution in [0.25, 0.3) is 5.65 Å². The van der Waals surface area contributed by atoms with E-state index in [9.17, 15) is 4.79 Å². The number of aromatic nitrogens is 3. The predicted molar refractivity (Wildman–Crippen MR) is 73.5 cm³/mol. The zero-order valence-electron chi connectivity index (χ0n) is 10.5. The SMILES string of the molecule is COC(=O)c1cc(N2CCCC2)n2nc(Br)cc2n1. The van der Waals surface area contributed by atoms with Crippen LogP contribution in [0.3, 0.4) is 0 Å². The van der Waals surface area contributed by atoms with Gasteiger partial charge in [0.1, 0.15) is 10.4 Å². The second-order valence-corrected chi connectivity index (χ2v) is 5.23. The van der Waals surface area contributed by atoms with E-state index >= 15 is 0 Å². The third-order valence-electron chi connectivity index (χ3n) is 3.20. The van der Waals surface area contributed by atoms with Crippen LogP contribution in [0.5, 0.6) is 0 Å². The number of halogens is 1. The van der Waals surface area contributed by atoms with Crippen molar-refractivity contribution in [2.75, 3.05) is 25.1 Å². The van der Waals surface area contributed by atoms with E-state index in [4.69, 9.17) is 4.74 Å². The first-order valence-corrected chi connectivity index (χ1v) is 6.88. The summed E-state index contributed by atoms with van der Waals surface area (Å²) in [7, 11) is 1.36. The van der Waals surface area contributed by atoms with Gasteiger partial charge in [0, 0.05) is 25.2 Å². The Labute approximate surface area is 118 Å². The Morgan fingerprint density at radius 1 is 1.37 bits per heavy atom. The van der Waals surface area contributed by atoms with Gasteiger partial charge in [-0.05, 0) is 28.8 Å². The van der Waals surface area contributed by atoms with Gasteiger partial charge in [-0.3, -0.25) is 0 Å². The summed E-state index contributed by atoms with van der Waals surface area (Å²) < 4.78 is 7.20. The number of anilines is 1. The van der Waals surface area contributed by atoms with Gasteiger partial charge in [0.25, 0.3) is 0 Å². The Morgan fingerprint density at radius 3 is 2.79 bits per heavy atom. The monoisotopic (exact) mass is 324 g/mol. The number of hydrogen-bond donors (Lipinski definition) is 0. The number of ether oxygens (including phenoxy) is 1. The van der Waals surface area contributed by atoms with Crippen molar-refractivity contribution < 1.29 is 9.53 Å². The summed E-state index contributed by atoms with van der Waals surface area (Å²) in [6.45, 7) is 1.94. The lowest BCUT2D eigenvalue weighted by Gasteiger charge is -2.18. The molecule has 3 rings (SSSR count). The molecule has 0 bridgehead atoms. The highest BCUT2D eigenvalue weighted by Crippen LogP contribution is 2.23. The van der Waals surface area contributed by atoms with Crippen LogP contribution >= 0.6 is 15.9 Å². The minimum atomic E-state index is -0.430. The first-order chi connectivity index (χ1) is 9.19. The molecule has 6 nitrogen and oxygen atoms in total. The highest BCUT2D eigenvalue weighted by Gasteiger charge is 2.20. The van der Waals surface area contributed by atoms with Crippen LogP contribution < -0.4 is 4.90 Å². The summed E-state index contributed by atoms with van der Waals surface area (Å²) in [5.74, 6) is 0.453. The number of nitrogens with zero attached hydrogens (tertiary/aromatic N) is 4. The topological polar surface area (TPSA) is 59.7 Å². The van der Waals surface area contributed by atoms with Crippen molar-refractivity contribution >= 4 is 33.4 Å². The fourth-order valence-electron chi connectivity index (χ4n) is 2.31. The maximum Gasteiger partial charge on any atom is 0.356 e. The molecule has 0 saturated carbocycles. The molecule has 1 saturated heterocycles. The molecule has 0 spiro atoms. The standard InChI is InChI=1S/C12H13BrN4O2/c1-19-12(18)8-6-11(16-4-2-3-5-16)17-10(14-8)7-9(13)15-17/h6-7H,2-5H2,1H3. The Hall–Kier alpha value is -1.63. The van der Waals surface area contributed by atoms with Crippen molar-refractivity contribution in [2.24, 2.45) is 0 Å². The van der Waals surface area contributed by atoms with Crippen LogP contribution in [0.2, 0.25) is 0 Å². The maximum absolute atomic E-state index is 11.7. The molecule has 0 unspecified atom stereocenters. The van der Waals surface area contributed by atoms with Crippen LogP contribution in [-0.2, 0) is 4.74 Å². The van der Waals surface area contributed by atoms with Gasteiger partial charge in [-0.2, -0.15) is 9.61 Å². The van der Waals surface area contributed by atoms with Crippen molar-refractivity contribution in [1.29, 1.82) is 0 Å². The van der Waals surface area contributed by atoms with Crippen molar-refractivity contribution in [3.05, 3.63) is 22.4 Å². The number of rotatable bonds is 2. The highest BCUT2D eigenvalue weighted by atomic mass is 79.9. The van der Waals surface area contributed by atoms with Gasteiger partial charge in [-0.1, -0.05) is 0 Å². The molecular weight excluding hydrogens is 312 g/mol. The number of fused-ring (bicyclic) bond motifs is 1. The molecule has 1 aliphatic rings. The second kappa shape index (κ2) is 4.80. The largest absolute Gasteiger partial charge is 0.464 e. The fraction of sp³-hybridized carbons (Fsp3) is 0.417. The van der Waals surface area contributed by atoms with Crippen molar-refractivity contribution in [3.63, 3.8) is 0 Å². The van der Waals surface area contributed by atoms with Crippen LogP contribution in [0.15, 0.2) is 16.7 Å². The molecule has 7 heteroatoms. The Bertz CT molecular complexity index is 634. The molecule has 0 aromatic carbocycles. The number of carbonyl (C=O) groups is 1. The summed E-state index contributed by atoms with van der Waals surface area (Å²) in [5.41, 5.74) is 0.945. The maximum atomic E-state index is 11.7. The van der Waals surface area contributed by atoms with Gasteiger partial charge < -0.3 is 9.64 Å². The van der Waals surface area contributed by atoms with Crippen molar-refractivity contribution in [2.45, 2.75) is 12.8 Å². The van der Waals surface area contributed by atoms with Gasteiger partial charge in [0.05, 0.1) is 7.11 Å². The number of esters is 1. The third kappa shape index (κ3) is 2.18. The number of carbonyl (C=O) groups excluding carboxylic acids is 1. The van der Waals surface area contributed by atoms with Gasteiger partial charge in [-0.25, -0.2) is 9.78 Å². The first-order valence-electron chi connectivity index (χ1n) is 6.08. The first kappa shape index (κ1) is 12.4. The normalized spacial score (nSPS) is 15.2. The lowest BCUT2D eigenvalue weighted by atomic mass is 10.3. The van der Waals surface area contributed by atoms with Gasteiger partial charge in [-0.15, -0.1) is 0 Å². The summed E-state index contributed by atoms with van der Waals surface area (Å²) in [6.07, 6.45) is 2.31. The van der Waals surface area contributed by atoms with E-state index in [2.05, 4.69) is 30.9 Å². The van der Waals surface area contributed by atoms with Crippen LogP contribution in [0.4, 0.5) is 5.82 Å². The van der Waals surface area contributed by atoms with E-state index in [1.54, 1.807) is 16.6 Å². The second-order valence-electron chi connectivity index (χ2n) is 4.42. The quantitative estimate of drug-likeness (QED) is 0.789. The van der Waals surface area contributed by atoms with Crippen molar-refractivity contribution in [3.8, 4) is 0 Å². The lowest BCUT2D eigenvalue weighted by Crippen LogP contribution is -2.22. The third-order valence-corrected chi connectivity index (χ3v) is 3.59. The Morgan fingerprint density at radius 2 is 2.11 bits per heavy atom. The lowest BCUT2D eigenvalue weighted by molar-refractivity contribution is 0.0594. The van der Waals surface area contributed by atoms with Crippen LogP contribution in [0.1, 0.15) is 23.3 Å². The minimum Gasteiger partial charge on any atom is -0.464 e. The zero-order chi connectivity index (χ0) is 13.4. The Balaban J connectivity index is 2.18. The molecule has 2 aromatic rings. The van der Waals surface area contributed by atoms with E-state index in [0.29, 0.717) is 15.9 Å². The fourth-order valence-corrected chi connectivity index (χ4v) is 2.67. The highest BCUT2D eigenvalue weighted by molar-refractivity contribution is 9.10. The molecule has 0 amide bonds. The van der Waals surface area contributed by atoms with E-state index in [-0.39, 0.29) is 0 Å². The van der Waals surface area contributed by atoms with E-state index in [0.717, 1.165) is 31.7 Å². The Kier molecular flexibility index (Phi) is 3.14. The van der Waals surface area contributed by atoms with E-state index in [1.807, 2.05) is 0 Å². The van der Waals surface area contributed by atoms with Crippen LogP contribution in [0, 0.1) is 0 Å². The molecule has 0 aliphatic carbocycles. The molecule has 3 heterocycles. The molecule has 0 N–H and O–H groups in total. The molecule has 2 aromatic heterocycles. The van der Waals surface area contributed by atoms with Crippen molar-refractivity contribution in [1.82, 2.24) is 14.6 Å². The van der Waals surface area contributed by atoms with E-state index in [1.165, 1.54) is 7.11 Å². The smallest absolute Gasteiger partial charge is 0.356 e. The molecule has 1 aliphatic heterocycles. The molecule has 0 atom stereocenters. The summed E-state index contributed by atoms with van der Waals surface area (Å²) >= 11 is 3.34. The average molecular weight is 325 g/mol. The zero-order valence-corrected chi connectivity index (χ0v) is 12.1. The van der Waals surface area contributed by atoms with Gasteiger partial charge >= 0.3 is 5.97 Å². The molecule has 19 heavy (non-hydrogen) atoms. The average Bonchev–Trinajstić information content (AvgIpc) is 3.04. The van der Waals surface area contributed by atoms with Crippen LogP contribution in [-0.4, -0.2) is 40.8 Å². The van der Waals surface area contributed by atoms with Gasteiger partial charge in [0.15, 0.2) is 11.3 Å². The summed E-state index contributed by atoms with van der Waals surface area (Å²) in [4.78, 5) is 18.2. The summed E-state index contributed by atoms with van der Waals surface area (Å²) in [6, 6.07) is 3.52. The van der Waals surface area contributed by atoms with E-state index < -0.39 is 5.97 Å². The predicted octanol–water partition coefficient (Wildman–Crippen LogP) is 1.88. The molecule has 1 fully saturated rings.